The molecule has 0 aliphatic carbocycles. The van der Waals surface area contributed by atoms with Crippen molar-refractivity contribution in [3.05, 3.63) is 22.9 Å². The number of fused-ring (bicyclic) bond motifs is 1. The van der Waals surface area contributed by atoms with Gasteiger partial charge in [0.05, 0.1) is 0 Å². The first-order valence-electron chi connectivity index (χ1n) is 7.93. The molecular weight excluding hydrogens is 298 g/mol. The van der Waals surface area contributed by atoms with Crippen LogP contribution in [-0.2, 0) is 27.2 Å². The molecule has 3 heterocycles. The number of carbonyl (C=O) groups excluding carboxylic acids is 1. The maximum atomic E-state index is 12.0. The van der Waals surface area contributed by atoms with E-state index in [1.54, 1.807) is 19.1 Å². The molecule has 0 spiro atoms. The average molecular weight is 321 g/mol. The maximum absolute atomic E-state index is 12.0. The van der Waals surface area contributed by atoms with Gasteiger partial charge in [-0.25, -0.2) is 4.98 Å². The first-order valence-corrected chi connectivity index (χ1v) is 7.93. The van der Waals surface area contributed by atoms with Gasteiger partial charge in [-0.2, -0.15) is 0 Å². The highest BCUT2D eigenvalue weighted by molar-refractivity contribution is 5.82. The lowest BCUT2D eigenvalue weighted by molar-refractivity contribution is -0.135. The summed E-state index contributed by atoms with van der Waals surface area (Å²) < 4.78 is 10.7. The van der Waals surface area contributed by atoms with Crippen LogP contribution in [0.4, 0.5) is 5.82 Å². The normalized spacial score (nSPS) is 20.8. The van der Waals surface area contributed by atoms with Gasteiger partial charge in [0, 0.05) is 33.9 Å². The zero-order valence-corrected chi connectivity index (χ0v) is 13.5. The number of hydrogen-bond donors (Lipinski definition) is 2. The Morgan fingerprint density at radius 2 is 2.26 bits per heavy atom. The van der Waals surface area contributed by atoms with Crippen molar-refractivity contribution in [3.63, 3.8) is 0 Å². The molecule has 1 saturated heterocycles. The molecule has 2 aliphatic rings. The summed E-state index contributed by atoms with van der Waals surface area (Å²) in [7, 11) is 3.13. The highest BCUT2D eigenvalue weighted by Gasteiger charge is 2.31. The molecule has 1 aromatic rings. The van der Waals surface area contributed by atoms with Crippen molar-refractivity contribution in [2.24, 2.45) is 0 Å². The number of ether oxygens (including phenoxy) is 2. The number of anilines is 1. The Balaban J connectivity index is 1.94. The maximum Gasteiger partial charge on any atom is 0.251 e. The van der Waals surface area contributed by atoms with Gasteiger partial charge in [0.15, 0.2) is 0 Å². The summed E-state index contributed by atoms with van der Waals surface area (Å²) in [5, 5.41) is 12.9. The number of aliphatic hydroxyl groups excluding tert-OH is 1. The Labute approximate surface area is 135 Å². The molecule has 23 heavy (non-hydrogen) atoms. The van der Waals surface area contributed by atoms with E-state index < -0.39 is 12.4 Å². The molecule has 2 aliphatic heterocycles. The van der Waals surface area contributed by atoms with Gasteiger partial charge in [0.25, 0.3) is 5.91 Å². The van der Waals surface area contributed by atoms with Crippen LogP contribution in [0.1, 0.15) is 36.0 Å². The quantitative estimate of drug-likeness (QED) is 0.781. The van der Waals surface area contributed by atoms with E-state index in [-0.39, 0.29) is 5.91 Å². The molecule has 126 valence electrons. The second kappa shape index (κ2) is 6.82. The molecule has 7 heteroatoms. The van der Waals surface area contributed by atoms with Crippen LogP contribution in [-0.4, -0.2) is 54.3 Å². The van der Waals surface area contributed by atoms with E-state index in [1.807, 2.05) is 0 Å². The predicted octanol–water partition coefficient (Wildman–Crippen LogP) is 0.824. The van der Waals surface area contributed by atoms with Gasteiger partial charge in [-0.05, 0) is 36.5 Å². The Morgan fingerprint density at radius 1 is 1.48 bits per heavy atom. The number of aromatic nitrogens is 1. The predicted molar refractivity (Wildman–Crippen MR) is 83.8 cm³/mol. The molecule has 0 bridgehead atoms. The van der Waals surface area contributed by atoms with Crippen LogP contribution in [0.25, 0.3) is 0 Å². The number of methoxy groups -OCH3 is 2. The lowest BCUT2D eigenvalue weighted by Crippen LogP contribution is -2.30. The third-order valence-corrected chi connectivity index (χ3v) is 4.41. The molecule has 1 fully saturated rings. The van der Waals surface area contributed by atoms with Crippen molar-refractivity contribution in [2.45, 2.75) is 38.2 Å². The minimum absolute atomic E-state index is 0.224. The minimum Gasteiger partial charge on any atom is -0.383 e. The summed E-state index contributed by atoms with van der Waals surface area (Å²) in [5.41, 5.74) is 2.73. The number of aliphatic hydroxyl groups is 1. The molecule has 1 aromatic heterocycles. The smallest absolute Gasteiger partial charge is 0.251 e. The molecular formula is C16H23N3O4. The summed E-state index contributed by atoms with van der Waals surface area (Å²) in [6.45, 7) is 1.87. The molecule has 7 nitrogen and oxygen atoms in total. The number of amides is 1. The van der Waals surface area contributed by atoms with Crippen LogP contribution >= 0.6 is 0 Å². The average Bonchev–Trinajstić information content (AvgIpc) is 2.88. The summed E-state index contributed by atoms with van der Waals surface area (Å²) in [5.74, 6) is 0.639. The van der Waals surface area contributed by atoms with Gasteiger partial charge >= 0.3 is 0 Å². The van der Waals surface area contributed by atoms with Crippen molar-refractivity contribution in [2.75, 3.05) is 32.6 Å². The largest absolute Gasteiger partial charge is 0.383 e. The molecule has 2 N–H and O–H groups in total. The Morgan fingerprint density at radius 3 is 2.91 bits per heavy atom. The number of pyridine rings is 1. The van der Waals surface area contributed by atoms with E-state index in [1.165, 1.54) is 0 Å². The van der Waals surface area contributed by atoms with Crippen molar-refractivity contribution in [1.82, 2.24) is 9.88 Å². The van der Waals surface area contributed by atoms with Crippen molar-refractivity contribution in [3.8, 4) is 0 Å². The zero-order chi connectivity index (χ0) is 16.4. The molecule has 0 radical (unpaired) electrons. The van der Waals surface area contributed by atoms with Crippen molar-refractivity contribution in [1.29, 1.82) is 0 Å². The van der Waals surface area contributed by atoms with Gasteiger partial charge in [0.1, 0.15) is 17.6 Å². The number of aryl methyl sites for hydroxylation is 1. The van der Waals surface area contributed by atoms with E-state index in [0.29, 0.717) is 25.2 Å². The highest BCUT2D eigenvalue weighted by Crippen LogP contribution is 2.29. The third kappa shape index (κ3) is 3.17. The number of nitrogens with zero attached hydrogens (tertiary/aromatic N) is 2. The van der Waals surface area contributed by atoms with E-state index in [9.17, 15) is 9.90 Å². The van der Waals surface area contributed by atoms with Crippen LogP contribution in [0.3, 0.4) is 0 Å². The van der Waals surface area contributed by atoms with Gasteiger partial charge in [-0.3, -0.25) is 4.79 Å². The van der Waals surface area contributed by atoms with Gasteiger partial charge in [0.2, 0.25) is 6.29 Å². The fourth-order valence-electron chi connectivity index (χ4n) is 3.18. The molecule has 1 amide bonds. The topological polar surface area (TPSA) is 83.9 Å². The monoisotopic (exact) mass is 321 g/mol. The van der Waals surface area contributed by atoms with E-state index in [4.69, 9.17) is 9.47 Å². The Kier molecular flexibility index (Phi) is 4.79. The first-order chi connectivity index (χ1) is 11.1. The Bertz CT molecular complexity index is 589. The lowest BCUT2D eigenvalue weighted by Gasteiger charge is -2.25. The summed E-state index contributed by atoms with van der Waals surface area (Å²) >= 11 is 0. The van der Waals surface area contributed by atoms with Gasteiger partial charge < -0.3 is 24.8 Å². The Hall–Kier alpha value is -1.70. The molecule has 0 saturated carbocycles. The van der Waals surface area contributed by atoms with Crippen LogP contribution < -0.4 is 5.32 Å². The standard InChI is InChI=1S/C16H23N3O4/c1-22-16(23-2)13-11(9-19-7-5-12(20)15(19)21)8-10-4-3-6-17-14(10)18-13/h8,12,16,20H,3-7,9H2,1-2H3,(H,17,18)/t12-/m1/s1. The first kappa shape index (κ1) is 16.2. The number of rotatable bonds is 5. The SMILES string of the molecule is COC(OC)c1nc2c(cc1CN1CC[C@@H](O)C1=O)CCCN2. The van der Waals surface area contributed by atoms with Gasteiger partial charge in [-0.1, -0.05) is 0 Å². The fraction of sp³-hybridized carbons (Fsp3) is 0.625. The minimum atomic E-state index is -0.883. The zero-order valence-electron chi connectivity index (χ0n) is 13.5. The number of nitrogens with one attached hydrogen (secondary N) is 1. The van der Waals surface area contributed by atoms with E-state index >= 15 is 0 Å². The number of carbonyl (C=O) groups is 1. The molecule has 0 unspecified atom stereocenters. The molecule has 3 rings (SSSR count). The van der Waals surface area contributed by atoms with Crippen molar-refractivity contribution < 1.29 is 19.4 Å². The van der Waals surface area contributed by atoms with Crippen molar-refractivity contribution >= 4 is 11.7 Å². The molecule has 0 aromatic carbocycles. The second-order valence-corrected chi connectivity index (χ2v) is 5.94. The summed E-state index contributed by atoms with van der Waals surface area (Å²) in [4.78, 5) is 18.3. The second-order valence-electron chi connectivity index (χ2n) is 5.94. The van der Waals surface area contributed by atoms with Crippen LogP contribution in [0.15, 0.2) is 6.07 Å². The summed E-state index contributed by atoms with van der Waals surface area (Å²) in [6, 6.07) is 2.08. The van der Waals surface area contributed by atoms with E-state index in [0.717, 1.165) is 36.3 Å². The van der Waals surface area contributed by atoms with Gasteiger partial charge in [-0.15, -0.1) is 0 Å². The van der Waals surface area contributed by atoms with Crippen LogP contribution in [0.2, 0.25) is 0 Å². The van der Waals surface area contributed by atoms with Crippen LogP contribution in [0, 0.1) is 0 Å². The molecule has 1 atom stereocenters. The van der Waals surface area contributed by atoms with E-state index in [2.05, 4.69) is 16.4 Å². The third-order valence-electron chi connectivity index (χ3n) is 4.41. The highest BCUT2D eigenvalue weighted by atomic mass is 16.7. The number of hydrogen-bond acceptors (Lipinski definition) is 6. The lowest BCUT2D eigenvalue weighted by atomic mass is 10.0. The fourth-order valence-corrected chi connectivity index (χ4v) is 3.18. The number of likely N-dealkylation sites (tertiary alicyclic amines) is 1. The summed E-state index contributed by atoms with van der Waals surface area (Å²) in [6.07, 6.45) is 1.04. The van der Waals surface area contributed by atoms with Crippen LogP contribution in [0.5, 0.6) is 0 Å².